The van der Waals surface area contributed by atoms with Crippen molar-refractivity contribution in [2.75, 3.05) is 5.32 Å². The Bertz CT molecular complexity index is 628. The Morgan fingerprint density at radius 3 is 2.50 bits per heavy atom. The zero-order valence-corrected chi connectivity index (χ0v) is 12.3. The van der Waals surface area contributed by atoms with Gasteiger partial charge in [-0.1, -0.05) is 28.1 Å². The number of hydrogen-bond donors (Lipinski definition) is 2. The topological polar surface area (TPSA) is 49.3 Å². The number of rotatable bonds is 4. The number of carbonyl (C=O) groups is 1. The summed E-state index contributed by atoms with van der Waals surface area (Å²) in [4.78, 5) is 11.2. The monoisotopic (exact) mass is 337 g/mol. The third kappa shape index (κ3) is 3.36. The van der Waals surface area contributed by atoms with Crippen LogP contribution >= 0.6 is 15.9 Å². The van der Waals surface area contributed by atoms with Gasteiger partial charge in [0.15, 0.2) is 0 Å². The molecule has 0 amide bonds. The summed E-state index contributed by atoms with van der Waals surface area (Å²) in [5.74, 6) is -1.30. The Morgan fingerprint density at radius 1 is 1.25 bits per heavy atom. The van der Waals surface area contributed by atoms with Gasteiger partial charge in [-0.05, 0) is 42.8 Å². The second-order valence-electron chi connectivity index (χ2n) is 4.41. The molecular weight excluding hydrogens is 325 g/mol. The maximum atomic E-state index is 12.9. The third-order valence-electron chi connectivity index (χ3n) is 2.95. The van der Waals surface area contributed by atoms with Gasteiger partial charge in [0.05, 0.1) is 5.56 Å². The van der Waals surface area contributed by atoms with Gasteiger partial charge in [0.2, 0.25) is 0 Å². The van der Waals surface area contributed by atoms with Crippen LogP contribution in [0.3, 0.4) is 0 Å². The first-order valence-corrected chi connectivity index (χ1v) is 6.81. The standard InChI is InChI=1S/C15H13BrFNO2/c1-9(10-2-5-12(17)6-3-10)18-14-7-4-11(16)8-13(14)15(19)20/h2-9,18H,1H3,(H,19,20). The van der Waals surface area contributed by atoms with Crippen LogP contribution in [0, 0.1) is 5.82 Å². The van der Waals surface area contributed by atoms with E-state index < -0.39 is 5.97 Å². The van der Waals surface area contributed by atoms with Crippen molar-refractivity contribution >= 4 is 27.6 Å². The molecule has 0 radical (unpaired) electrons. The molecule has 0 aliphatic carbocycles. The lowest BCUT2D eigenvalue weighted by Gasteiger charge is -2.17. The molecule has 20 heavy (non-hydrogen) atoms. The van der Waals surface area contributed by atoms with E-state index in [1.165, 1.54) is 12.1 Å². The number of nitrogens with one attached hydrogen (secondary N) is 1. The molecule has 0 aliphatic rings. The molecule has 2 N–H and O–H groups in total. The lowest BCUT2D eigenvalue weighted by atomic mass is 10.1. The van der Waals surface area contributed by atoms with Crippen LogP contribution in [-0.4, -0.2) is 11.1 Å². The minimum Gasteiger partial charge on any atom is -0.478 e. The van der Waals surface area contributed by atoms with Gasteiger partial charge in [0, 0.05) is 16.2 Å². The normalized spacial score (nSPS) is 11.9. The van der Waals surface area contributed by atoms with Crippen molar-refractivity contribution < 1.29 is 14.3 Å². The summed E-state index contributed by atoms with van der Waals surface area (Å²) in [6.45, 7) is 1.89. The largest absolute Gasteiger partial charge is 0.478 e. The molecular formula is C15H13BrFNO2. The van der Waals surface area contributed by atoms with Crippen LogP contribution in [0.1, 0.15) is 28.9 Å². The summed E-state index contributed by atoms with van der Waals surface area (Å²) in [5, 5.41) is 12.3. The zero-order chi connectivity index (χ0) is 14.7. The van der Waals surface area contributed by atoms with Crippen LogP contribution in [-0.2, 0) is 0 Å². The Morgan fingerprint density at radius 2 is 1.90 bits per heavy atom. The lowest BCUT2D eigenvalue weighted by Crippen LogP contribution is -2.10. The Kier molecular flexibility index (Phi) is 4.39. The van der Waals surface area contributed by atoms with Crippen molar-refractivity contribution in [3.63, 3.8) is 0 Å². The van der Waals surface area contributed by atoms with Crippen LogP contribution in [0.15, 0.2) is 46.9 Å². The predicted octanol–water partition coefficient (Wildman–Crippen LogP) is 4.46. The maximum absolute atomic E-state index is 12.9. The van der Waals surface area contributed by atoms with E-state index in [2.05, 4.69) is 21.2 Å². The molecule has 2 aromatic rings. The minimum atomic E-state index is -1.000. The second-order valence-corrected chi connectivity index (χ2v) is 5.33. The van der Waals surface area contributed by atoms with Crippen molar-refractivity contribution in [3.8, 4) is 0 Å². The van der Waals surface area contributed by atoms with Gasteiger partial charge >= 0.3 is 5.97 Å². The highest BCUT2D eigenvalue weighted by Gasteiger charge is 2.13. The predicted molar refractivity (Wildman–Crippen MR) is 79.5 cm³/mol. The minimum absolute atomic E-state index is 0.130. The molecule has 3 nitrogen and oxygen atoms in total. The van der Waals surface area contributed by atoms with E-state index in [-0.39, 0.29) is 17.4 Å². The quantitative estimate of drug-likeness (QED) is 0.865. The number of aromatic carboxylic acids is 1. The molecule has 0 aliphatic heterocycles. The highest BCUT2D eigenvalue weighted by atomic mass is 79.9. The highest BCUT2D eigenvalue weighted by Crippen LogP contribution is 2.25. The van der Waals surface area contributed by atoms with E-state index in [1.54, 1.807) is 30.3 Å². The van der Waals surface area contributed by atoms with Crippen LogP contribution in [0.4, 0.5) is 10.1 Å². The van der Waals surface area contributed by atoms with Gasteiger partial charge in [-0.2, -0.15) is 0 Å². The molecule has 0 bridgehead atoms. The number of benzene rings is 2. The molecule has 0 saturated carbocycles. The molecule has 0 heterocycles. The second kappa shape index (κ2) is 6.05. The molecule has 2 rings (SSSR count). The smallest absolute Gasteiger partial charge is 0.337 e. The van der Waals surface area contributed by atoms with E-state index in [0.717, 1.165) is 5.56 Å². The molecule has 0 aromatic heterocycles. The number of carboxylic acid groups (broad SMARTS) is 1. The Labute approximate surface area is 124 Å². The van der Waals surface area contributed by atoms with Crippen molar-refractivity contribution in [3.05, 3.63) is 63.9 Å². The van der Waals surface area contributed by atoms with Gasteiger partial charge in [0.1, 0.15) is 5.82 Å². The first kappa shape index (κ1) is 14.5. The highest BCUT2D eigenvalue weighted by molar-refractivity contribution is 9.10. The van der Waals surface area contributed by atoms with Crippen molar-refractivity contribution in [2.45, 2.75) is 13.0 Å². The van der Waals surface area contributed by atoms with E-state index in [1.807, 2.05) is 6.92 Å². The Balaban J connectivity index is 2.25. The summed E-state index contributed by atoms with van der Waals surface area (Å²) in [6.07, 6.45) is 0. The summed E-state index contributed by atoms with van der Waals surface area (Å²) < 4.78 is 13.6. The van der Waals surface area contributed by atoms with Crippen molar-refractivity contribution in [1.29, 1.82) is 0 Å². The molecule has 0 fully saturated rings. The number of halogens is 2. The van der Waals surface area contributed by atoms with Gasteiger partial charge in [-0.25, -0.2) is 9.18 Å². The van der Waals surface area contributed by atoms with Crippen LogP contribution < -0.4 is 5.32 Å². The molecule has 2 aromatic carbocycles. The van der Waals surface area contributed by atoms with Gasteiger partial charge in [-0.15, -0.1) is 0 Å². The summed E-state index contributed by atoms with van der Waals surface area (Å²) in [5.41, 5.74) is 1.59. The number of carboxylic acids is 1. The maximum Gasteiger partial charge on any atom is 0.337 e. The van der Waals surface area contributed by atoms with Crippen molar-refractivity contribution in [1.82, 2.24) is 0 Å². The van der Waals surface area contributed by atoms with E-state index >= 15 is 0 Å². The van der Waals surface area contributed by atoms with Gasteiger partial charge < -0.3 is 10.4 Å². The van der Waals surface area contributed by atoms with Crippen molar-refractivity contribution in [2.24, 2.45) is 0 Å². The first-order chi connectivity index (χ1) is 9.47. The number of hydrogen-bond acceptors (Lipinski definition) is 2. The van der Waals surface area contributed by atoms with Crippen LogP contribution in [0.25, 0.3) is 0 Å². The summed E-state index contributed by atoms with van der Waals surface area (Å²) in [7, 11) is 0. The molecule has 104 valence electrons. The van der Waals surface area contributed by atoms with Gasteiger partial charge in [-0.3, -0.25) is 0 Å². The fourth-order valence-electron chi connectivity index (χ4n) is 1.89. The van der Waals surface area contributed by atoms with Gasteiger partial charge in [0.25, 0.3) is 0 Å². The lowest BCUT2D eigenvalue weighted by molar-refractivity contribution is 0.0698. The Hall–Kier alpha value is -1.88. The average molecular weight is 338 g/mol. The zero-order valence-electron chi connectivity index (χ0n) is 10.7. The molecule has 0 saturated heterocycles. The SMILES string of the molecule is CC(Nc1ccc(Br)cc1C(=O)O)c1ccc(F)cc1. The fraction of sp³-hybridized carbons (Fsp3) is 0.133. The molecule has 1 unspecified atom stereocenters. The van der Waals surface area contributed by atoms with E-state index in [9.17, 15) is 14.3 Å². The van der Waals surface area contributed by atoms with Crippen LogP contribution in [0.2, 0.25) is 0 Å². The fourth-order valence-corrected chi connectivity index (χ4v) is 2.25. The molecule has 1 atom stereocenters. The molecule has 0 spiro atoms. The number of anilines is 1. The van der Waals surface area contributed by atoms with Crippen LogP contribution in [0.5, 0.6) is 0 Å². The van der Waals surface area contributed by atoms with E-state index in [0.29, 0.717) is 10.2 Å². The van der Waals surface area contributed by atoms with E-state index in [4.69, 9.17) is 0 Å². The first-order valence-electron chi connectivity index (χ1n) is 6.02. The summed E-state index contributed by atoms with van der Waals surface area (Å²) >= 11 is 3.25. The average Bonchev–Trinajstić information content (AvgIpc) is 2.41. The molecule has 5 heteroatoms. The third-order valence-corrected chi connectivity index (χ3v) is 3.45. The summed E-state index contributed by atoms with van der Waals surface area (Å²) in [6, 6.07) is 11.0.